The fourth-order valence-corrected chi connectivity index (χ4v) is 5.60. The van der Waals surface area contributed by atoms with Gasteiger partial charge in [-0.1, -0.05) is 25.8 Å². The first kappa shape index (κ1) is 30.8. The lowest BCUT2D eigenvalue weighted by molar-refractivity contribution is -0.139. The lowest BCUT2D eigenvalue weighted by atomic mass is 9.91. The van der Waals surface area contributed by atoms with Gasteiger partial charge >= 0.3 is 0 Å². The van der Waals surface area contributed by atoms with Crippen LogP contribution in [0.5, 0.6) is 11.5 Å². The van der Waals surface area contributed by atoms with Crippen LogP contribution < -0.4 is 10.1 Å². The molecule has 0 radical (unpaired) electrons. The summed E-state index contributed by atoms with van der Waals surface area (Å²) >= 11 is 0. The van der Waals surface area contributed by atoms with Crippen LogP contribution in [0.3, 0.4) is 0 Å². The van der Waals surface area contributed by atoms with Gasteiger partial charge in [0, 0.05) is 25.2 Å². The van der Waals surface area contributed by atoms with Gasteiger partial charge in [-0.05, 0) is 106 Å². The standard InChI is InChI=1S/C31H43N3O4.ClH/c1-5-6-7-10-28(35)34-16-13-24-11-12-25(38-18-17-33-14-8-9-15-33)20-26(24)29(34)31(37)32-27-19-21(2)30(36)23(4)22(27)3;/h11-12,19-20,29,36H,5-10,13-18H2,1-4H3,(H,32,37);1H. The molecule has 0 aliphatic carbocycles. The number of unbranched alkanes of at least 4 members (excludes halogenated alkanes) is 2. The van der Waals surface area contributed by atoms with Gasteiger partial charge in [0.05, 0.1) is 0 Å². The van der Waals surface area contributed by atoms with Crippen LogP contribution in [0.4, 0.5) is 5.69 Å². The molecule has 1 fully saturated rings. The summed E-state index contributed by atoms with van der Waals surface area (Å²) in [4.78, 5) is 31.4. The van der Waals surface area contributed by atoms with Gasteiger partial charge in [0.25, 0.3) is 5.91 Å². The minimum Gasteiger partial charge on any atom is -0.507 e. The average Bonchev–Trinajstić information content (AvgIpc) is 3.43. The Morgan fingerprint density at radius 1 is 1.05 bits per heavy atom. The molecule has 1 atom stereocenters. The van der Waals surface area contributed by atoms with E-state index < -0.39 is 6.04 Å². The third-order valence-corrected chi connectivity index (χ3v) is 8.10. The Morgan fingerprint density at radius 2 is 1.79 bits per heavy atom. The van der Waals surface area contributed by atoms with Crippen LogP contribution in [0.25, 0.3) is 0 Å². The number of fused-ring (bicyclic) bond motifs is 1. The summed E-state index contributed by atoms with van der Waals surface area (Å²) in [6.45, 7) is 11.9. The number of halogens is 1. The molecule has 2 heterocycles. The quantitative estimate of drug-likeness (QED) is 0.282. The van der Waals surface area contributed by atoms with Gasteiger partial charge < -0.3 is 20.1 Å². The Labute approximate surface area is 239 Å². The van der Waals surface area contributed by atoms with Crippen LogP contribution in [-0.2, 0) is 16.0 Å². The smallest absolute Gasteiger partial charge is 0.251 e. The third kappa shape index (κ3) is 7.25. The molecular formula is C31H44ClN3O4. The van der Waals surface area contributed by atoms with Crippen molar-refractivity contribution in [1.82, 2.24) is 9.80 Å². The Kier molecular flexibility index (Phi) is 11.1. The number of anilines is 1. The van der Waals surface area contributed by atoms with E-state index in [9.17, 15) is 14.7 Å². The van der Waals surface area contributed by atoms with Crippen LogP contribution in [0.2, 0.25) is 0 Å². The number of carbonyl (C=O) groups is 2. The number of aryl methyl sites for hydroxylation is 1. The van der Waals surface area contributed by atoms with Crippen molar-refractivity contribution in [3.05, 3.63) is 52.1 Å². The van der Waals surface area contributed by atoms with E-state index in [1.54, 1.807) is 11.0 Å². The zero-order valence-corrected chi connectivity index (χ0v) is 24.7. The number of nitrogens with one attached hydrogen (secondary N) is 1. The van der Waals surface area contributed by atoms with Crippen molar-refractivity contribution in [2.75, 3.05) is 38.1 Å². The number of ether oxygens (including phenoxy) is 1. The molecule has 8 heteroatoms. The van der Waals surface area contributed by atoms with Crippen molar-refractivity contribution >= 4 is 29.9 Å². The van der Waals surface area contributed by atoms with Crippen LogP contribution in [0.15, 0.2) is 24.3 Å². The molecule has 39 heavy (non-hydrogen) atoms. The normalized spacial score (nSPS) is 16.9. The predicted molar refractivity (Wildman–Crippen MR) is 158 cm³/mol. The molecule has 2 aromatic carbocycles. The maximum atomic E-state index is 13.9. The highest BCUT2D eigenvalue weighted by Gasteiger charge is 2.36. The van der Waals surface area contributed by atoms with Gasteiger partial charge in [-0.2, -0.15) is 0 Å². The molecule has 1 saturated heterocycles. The fourth-order valence-electron chi connectivity index (χ4n) is 5.60. The molecular weight excluding hydrogens is 514 g/mol. The van der Waals surface area contributed by atoms with Gasteiger partial charge in [-0.25, -0.2) is 0 Å². The summed E-state index contributed by atoms with van der Waals surface area (Å²) in [5.74, 6) is 0.747. The summed E-state index contributed by atoms with van der Waals surface area (Å²) in [6, 6.07) is 7.04. The van der Waals surface area contributed by atoms with Gasteiger partial charge in [-0.15, -0.1) is 12.4 Å². The van der Waals surface area contributed by atoms with E-state index in [-0.39, 0.29) is 30.0 Å². The van der Waals surface area contributed by atoms with Crippen molar-refractivity contribution in [2.45, 2.75) is 78.7 Å². The SMILES string of the molecule is CCCCCC(=O)N1CCc2ccc(OCCN3CCCC3)cc2C1C(=O)Nc1cc(C)c(O)c(C)c1C.Cl. The Morgan fingerprint density at radius 3 is 2.51 bits per heavy atom. The number of hydrogen-bond donors (Lipinski definition) is 2. The van der Waals surface area contributed by atoms with E-state index in [4.69, 9.17) is 4.74 Å². The molecule has 2 aliphatic heterocycles. The summed E-state index contributed by atoms with van der Waals surface area (Å²) in [6.07, 6.45) is 6.50. The number of phenols is 1. The maximum absolute atomic E-state index is 13.9. The summed E-state index contributed by atoms with van der Waals surface area (Å²) in [5, 5.41) is 13.4. The molecule has 2 amide bonds. The Bertz CT molecular complexity index is 1160. The molecule has 7 nitrogen and oxygen atoms in total. The molecule has 1 unspecified atom stereocenters. The first-order valence-corrected chi connectivity index (χ1v) is 14.2. The summed E-state index contributed by atoms with van der Waals surface area (Å²) in [5.41, 5.74) is 4.83. The molecule has 2 aromatic rings. The maximum Gasteiger partial charge on any atom is 0.251 e. The number of phenolic OH excluding ortho intramolecular Hbond substituents is 1. The van der Waals surface area contributed by atoms with Gasteiger partial charge in [-0.3, -0.25) is 14.5 Å². The number of likely N-dealkylation sites (tertiary alicyclic amines) is 1. The highest BCUT2D eigenvalue weighted by atomic mass is 35.5. The van der Waals surface area contributed by atoms with Crippen molar-refractivity contribution in [3.8, 4) is 11.5 Å². The van der Waals surface area contributed by atoms with Crippen molar-refractivity contribution in [3.63, 3.8) is 0 Å². The second kappa shape index (κ2) is 14.0. The van der Waals surface area contributed by atoms with Crippen molar-refractivity contribution in [2.24, 2.45) is 0 Å². The van der Waals surface area contributed by atoms with Crippen LogP contribution in [0.1, 0.15) is 79.3 Å². The zero-order chi connectivity index (χ0) is 27.2. The Hall–Kier alpha value is -2.77. The Balaban J connectivity index is 0.00000420. The van der Waals surface area contributed by atoms with Gasteiger partial charge in [0.1, 0.15) is 24.1 Å². The number of aromatic hydroxyl groups is 1. The van der Waals surface area contributed by atoms with E-state index in [0.29, 0.717) is 37.2 Å². The molecule has 0 bridgehead atoms. The van der Waals surface area contributed by atoms with Gasteiger partial charge in [0.15, 0.2) is 0 Å². The number of nitrogens with zero attached hydrogens (tertiary/aromatic N) is 2. The molecule has 0 aromatic heterocycles. The van der Waals surface area contributed by atoms with Crippen LogP contribution >= 0.6 is 12.4 Å². The van der Waals surface area contributed by atoms with E-state index in [0.717, 1.165) is 66.9 Å². The molecule has 2 N–H and O–H groups in total. The number of amides is 2. The highest BCUT2D eigenvalue weighted by Crippen LogP contribution is 2.36. The summed E-state index contributed by atoms with van der Waals surface area (Å²) in [7, 11) is 0. The molecule has 214 valence electrons. The van der Waals surface area contributed by atoms with Crippen LogP contribution in [0, 0.1) is 20.8 Å². The largest absolute Gasteiger partial charge is 0.507 e. The highest BCUT2D eigenvalue weighted by molar-refractivity contribution is 5.99. The monoisotopic (exact) mass is 557 g/mol. The number of benzene rings is 2. The third-order valence-electron chi connectivity index (χ3n) is 8.10. The molecule has 2 aliphatic rings. The van der Waals surface area contributed by atoms with Crippen molar-refractivity contribution in [1.29, 1.82) is 0 Å². The van der Waals surface area contributed by atoms with Crippen molar-refractivity contribution < 1.29 is 19.4 Å². The van der Waals surface area contributed by atoms with Crippen LogP contribution in [-0.4, -0.2) is 59.5 Å². The molecule has 0 saturated carbocycles. The number of carbonyl (C=O) groups excluding carboxylic acids is 2. The topological polar surface area (TPSA) is 82.1 Å². The van der Waals surface area contributed by atoms with E-state index in [1.807, 2.05) is 39.0 Å². The van der Waals surface area contributed by atoms with E-state index >= 15 is 0 Å². The molecule has 4 rings (SSSR count). The van der Waals surface area contributed by atoms with E-state index in [1.165, 1.54) is 12.8 Å². The second-order valence-corrected chi connectivity index (χ2v) is 10.8. The zero-order valence-electron chi connectivity index (χ0n) is 23.8. The summed E-state index contributed by atoms with van der Waals surface area (Å²) < 4.78 is 6.11. The first-order valence-electron chi connectivity index (χ1n) is 14.2. The predicted octanol–water partition coefficient (Wildman–Crippen LogP) is 5.86. The lowest BCUT2D eigenvalue weighted by Gasteiger charge is -2.37. The number of hydrogen-bond acceptors (Lipinski definition) is 5. The fraction of sp³-hybridized carbons (Fsp3) is 0.548. The minimum atomic E-state index is -0.733. The minimum absolute atomic E-state index is 0. The first-order chi connectivity index (χ1) is 18.3. The number of rotatable bonds is 10. The lowest BCUT2D eigenvalue weighted by Crippen LogP contribution is -2.45. The van der Waals surface area contributed by atoms with Gasteiger partial charge in [0.2, 0.25) is 5.91 Å². The second-order valence-electron chi connectivity index (χ2n) is 10.8. The molecule has 0 spiro atoms. The van der Waals surface area contributed by atoms with E-state index in [2.05, 4.69) is 17.1 Å². The average molecular weight is 558 g/mol.